The fraction of sp³-hybridized carbons (Fsp3) is 0.286. The fourth-order valence-electron chi connectivity index (χ4n) is 1.61. The van der Waals surface area contributed by atoms with E-state index in [0.29, 0.717) is 0 Å². The highest BCUT2D eigenvalue weighted by atomic mass is 35.5. The van der Waals surface area contributed by atoms with Crippen LogP contribution in [-0.2, 0) is 6.42 Å². The molecule has 1 aromatic heterocycles. The van der Waals surface area contributed by atoms with Gasteiger partial charge in [0.15, 0.2) is 0 Å². The molecule has 0 fully saturated rings. The van der Waals surface area contributed by atoms with Gasteiger partial charge in [-0.15, -0.1) is 0 Å². The van der Waals surface area contributed by atoms with Gasteiger partial charge >= 0.3 is 0 Å². The molecule has 0 radical (unpaired) electrons. The summed E-state index contributed by atoms with van der Waals surface area (Å²) in [5.41, 5.74) is 0. The first kappa shape index (κ1) is 14.2. The molecule has 100 valence electrons. The van der Waals surface area contributed by atoms with E-state index in [9.17, 15) is 0 Å². The summed E-state index contributed by atoms with van der Waals surface area (Å²) < 4.78 is 0. The Kier molecular flexibility index (Phi) is 5.05. The molecule has 0 aliphatic rings. The topological polar surface area (TPSA) is 37.8 Å². The Labute approximate surface area is 122 Å². The Morgan fingerprint density at radius 1 is 1.21 bits per heavy atom. The maximum absolute atomic E-state index is 5.88. The van der Waals surface area contributed by atoms with Crippen LogP contribution in [0.15, 0.2) is 40.3 Å². The van der Waals surface area contributed by atoms with Gasteiger partial charge in [0, 0.05) is 29.5 Å². The fourth-order valence-corrected chi connectivity index (χ4v) is 2.57. The van der Waals surface area contributed by atoms with Crippen LogP contribution in [0.4, 0.5) is 5.82 Å². The van der Waals surface area contributed by atoms with Crippen molar-refractivity contribution in [1.29, 1.82) is 0 Å². The van der Waals surface area contributed by atoms with E-state index in [2.05, 4.69) is 22.2 Å². The van der Waals surface area contributed by atoms with Gasteiger partial charge in [-0.25, -0.2) is 9.97 Å². The zero-order valence-corrected chi connectivity index (χ0v) is 12.6. The van der Waals surface area contributed by atoms with Gasteiger partial charge in [-0.3, -0.25) is 0 Å². The van der Waals surface area contributed by atoms with Gasteiger partial charge in [-0.05, 0) is 30.7 Å². The monoisotopic (exact) mass is 293 g/mol. The lowest BCUT2D eigenvalue weighted by molar-refractivity contribution is 0.811. The molecule has 2 rings (SSSR count). The highest BCUT2D eigenvalue weighted by Gasteiger charge is 2.05. The van der Waals surface area contributed by atoms with Crippen molar-refractivity contribution in [2.24, 2.45) is 0 Å². The molecule has 3 nitrogen and oxygen atoms in total. The number of rotatable bonds is 5. The number of aromatic nitrogens is 2. The van der Waals surface area contributed by atoms with E-state index in [-0.39, 0.29) is 0 Å². The highest BCUT2D eigenvalue weighted by Crippen LogP contribution is 2.28. The quantitative estimate of drug-likeness (QED) is 0.835. The SMILES string of the molecule is CCCc1nc(NC)cc(Sc2ccc(Cl)cc2)n1. The molecule has 19 heavy (non-hydrogen) atoms. The number of nitrogens with zero attached hydrogens (tertiary/aromatic N) is 2. The number of aryl methyl sites for hydroxylation is 1. The van der Waals surface area contributed by atoms with E-state index in [4.69, 9.17) is 11.6 Å². The predicted molar refractivity (Wildman–Crippen MR) is 81.1 cm³/mol. The van der Waals surface area contributed by atoms with E-state index in [1.807, 2.05) is 37.4 Å². The molecule has 2 aromatic rings. The van der Waals surface area contributed by atoms with Crippen LogP contribution in [0.3, 0.4) is 0 Å². The normalized spacial score (nSPS) is 10.5. The maximum Gasteiger partial charge on any atom is 0.132 e. The molecule has 0 amide bonds. The Morgan fingerprint density at radius 2 is 1.95 bits per heavy atom. The average Bonchev–Trinajstić information content (AvgIpc) is 2.41. The van der Waals surface area contributed by atoms with Gasteiger partial charge < -0.3 is 5.32 Å². The van der Waals surface area contributed by atoms with E-state index < -0.39 is 0 Å². The molecule has 0 atom stereocenters. The van der Waals surface area contributed by atoms with Gasteiger partial charge in [0.1, 0.15) is 16.7 Å². The summed E-state index contributed by atoms with van der Waals surface area (Å²) in [4.78, 5) is 10.1. The van der Waals surface area contributed by atoms with Crippen molar-refractivity contribution in [3.8, 4) is 0 Å². The summed E-state index contributed by atoms with van der Waals surface area (Å²) in [6.45, 7) is 2.13. The van der Waals surface area contributed by atoms with E-state index >= 15 is 0 Å². The van der Waals surface area contributed by atoms with Crippen LogP contribution in [0.1, 0.15) is 19.2 Å². The molecular formula is C14H16ClN3S. The first-order valence-corrected chi connectivity index (χ1v) is 7.40. The minimum atomic E-state index is 0.745. The summed E-state index contributed by atoms with van der Waals surface area (Å²) in [7, 11) is 1.87. The minimum Gasteiger partial charge on any atom is -0.373 e. The molecule has 5 heteroatoms. The summed E-state index contributed by atoms with van der Waals surface area (Å²) in [5.74, 6) is 1.74. The highest BCUT2D eigenvalue weighted by molar-refractivity contribution is 7.99. The Bertz CT molecular complexity index is 543. The van der Waals surface area contributed by atoms with Crippen molar-refractivity contribution >= 4 is 29.2 Å². The van der Waals surface area contributed by atoms with Crippen molar-refractivity contribution in [2.75, 3.05) is 12.4 Å². The van der Waals surface area contributed by atoms with Crippen molar-refractivity contribution in [3.63, 3.8) is 0 Å². The number of nitrogens with one attached hydrogen (secondary N) is 1. The molecule has 1 aromatic carbocycles. The van der Waals surface area contributed by atoms with Gasteiger partial charge in [0.05, 0.1) is 0 Å². The number of hydrogen-bond acceptors (Lipinski definition) is 4. The third-order valence-electron chi connectivity index (χ3n) is 2.51. The summed E-state index contributed by atoms with van der Waals surface area (Å²) >= 11 is 7.50. The summed E-state index contributed by atoms with van der Waals surface area (Å²) in [5, 5.41) is 4.77. The molecule has 0 unspecified atom stereocenters. The van der Waals surface area contributed by atoms with Crippen LogP contribution in [0.2, 0.25) is 5.02 Å². The number of benzene rings is 1. The van der Waals surface area contributed by atoms with Crippen LogP contribution in [0.5, 0.6) is 0 Å². The number of anilines is 1. The zero-order chi connectivity index (χ0) is 13.7. The Balaban J connectivity index is 2.23. The standard InChI is InChI=1S/C14H16ClN3S/c1-3-4-12-17-13(16-2)9-14(18-12)19-11-7-5-10(15)6-8-11/h5-9H,3-4H2,1-2H3,(H,16,17,18). The van der Waals surface area contributed by atoms with Gasteiger partial charge in [0.25, 0.3) is 0 Å². The molecule has 1 N–H and O–H groups in total. The van der Waals surface area contributed by atoms with Crippen LogP contribution in [-0.4, -0.2) is 17.0 Å². The average molecular weight is 294 g/mol. The Hall–Kier alpha value is -1.26. The number of halogens is 1. The zero-order valence-electron chi connectivity index (χ0n) is 11.0. The molecule has 0 aliphatic carbocycles. The molecule has 0 saturated carbocycles. The largest absolute Gasteiger partial charge is 0.373 e. The second-order valence-corrected chi connectivity index (χ2v) is 5.59. The van der Waals surface area contributed by atoms with Gasteiger partial charge in [-0.2, -0.15) is 0 Å². The molecule has 0 bridgehead atoms. The van der Waals surface area contributed by atoms with Crippen LogP contribution in [0.25, 0.3) is 0 Å². The lowest BCUT2D eigenvalue weighted by Crippen LogP contribution is -2.01. The van der Waals surface area contributed by atoms with E-state index in [0.717, 1.165) is 39.4 Å². The smallest absolute Gasteiger partial charge is 0.132 e. The van der Waals surface area contributed by atoms with Gasteiger partial charge in [-0.1, -0.05) is 30.3 Å². The molecule has 0 spiro atoms. The van der Waals surface area contributed by atoms with Crippen LogP contribution < -0.4 is 5.32 Å². The first-order chi connectivity index (χ1) is 9.21. The lowest BCUT2D eigenvalue weighted by Gasteiger charge is -2.07. The van der Waals surface area contributed by atoms with Crippen molar-refractivity contribution in [1.82, 2.24) is 9.97 Å². The van der Waals surface area contributed by atoms with Crippen LogP contribution >= 0.6 is 23.4 Å². The molecule has 1 heterocycles. The third kappa shape index (κ3) is 4.11. The first-order valence-electron chi connectivity index (χ1n) is 6.20. The lowest BCUT2D eigenvalue weighted by atomic mass is 10.3. The Morgan fingerprint density at radius 3 is 2.58 bits per heavy atom. The summed E-state index contributed by atoms with van der Waals surface area (Å²) in [6.07, 6.45) is 1.93. The molecular weight excluding hydrogens is 278 g/mol. The van der Waals surface area contributed by atoms with E-state index in [1.54, 1.807) is 11.8 Å². The molecule has 0 saturated heterocycles. The van der Waals surface area contributed by atoms with Crippen molar-refractivity contribution in [2.45, 2.75) is 29.7 Å². The predicted octanol–water partition coefficient (Wildman–Crippen LogP) is 4.28. The summed E-state index contributed by atoms with van der Waals surface area (Å²) in [6, 6.07) is 9.72. The van der Waals surface area contributed by atoms with Crippen molar-refractivity contribution < 1.29 is 0 Å². The number of hydrogen-bond donors (Lipinski definition) is 1. The third-order valence-corrected chi connectivity index (χ3v) is 3.69. The van der Waals surface area contributed by atoms with Crippen molar-refractivity contribution in [3.05, 3.63) is 41.2 Å². The van der Waals surface area contributed by atoms with Crippen LogP contribution in [0, 0.1) is 0 Å². The minimum absolute atomic E-state index is 0.745. The second kappa shape index (κ2) is 6.78. The molecule has 0 aliphatic heterocycles. The van der Waals surface area contributed by atoms with E-state index in [1.165, 1.54) is 0 Å². The van der Waals surface area contributed by atoms with Gasteiger partial charge in [0.2, 0.25) is 0 Å². The second-order valence-electron chi connectivity index (χ2n) is 4.06. The maximum atomic E-state index is 5.88.